The molecule has 3 aromatic rings. The van der Waals surface area contributed by atoms with Gasteiger partial charge in [0.2, 0.25) is 0 Å². The second-order valence-corrected chi connectivity index (χ2v) is 6.82. The Morgan fingerprint density at radius 2 is 1.85 bits per heavy atom. The molecular formula is C17H13Cl3N4O3. The smallest absolute Gasteiger partial charge is 0.328 e. The number of esters is 1. The van der Waals surface area contributed by atoms with Crippen molar-refractivity contribution < 1.29 is 14.3 Å². The number of aromatic nitrogens is 3. The van der Waals surface area contributed by atoms with Gasteiger partial charge in [0.25, 0.3) is 5.91 Å². The third-order valence-corrected chi connectivity index (χ3v) is 4.68. The monoisotopic (exact) mass is 426 g/mol. The van der Waals surface area contributed by atoms with Gasteiger partial charge in [-0.2, -0.15) is 0 Å². The molecule has 0 aliphatic heterocycles. The fourth-order valence-corrected chi connectivity index (χ4v) is 2.89. The number of amides is 1. The van der Waals surface area contributed by atoms with Crippen molar-refractivity contribution in [2.75, 3.05) is 5.32 Å². The maximum atomic E-state index is 12.3. The summed E-state index contributed by atoms with van der Waals surface area (Å²) in [5.41, 5.74) is 1.61. The molecule has 0 saturated heterocycles. The van der Waals surface area contributed by atoms with Crippen molar-refractivity contribution in [3.63, 3.8) is 0 Å². The first-order valence-corrected chi connectivity index (χ1v) is 8.91. The molecule has 3 rings (SSSR count). The number of nitrogens with one attached hydrogen (secondary N) is 1. The Kier molecular flexibility index (Phi) is 5.84. The van der Waals surface area contributed by atoms with Crippen LogP contribution in [0.15, 0.2) is 36.4 Å². The first-order chi connectivity index (χ1) is 12.8. The van der Waals surface area contributed by atoms with E-state index >= 15 is 0 Å². The molecule has 1 amide bonds. The van der Waals surface area contributed by atoms with Crippen LogP contribution >= 0.6 is 34.8 Å². The predicted molar refractivity (Wildman–Crippen MR) is 103 cm³/mol. The van der Waals surface area contributed by atoms with Crippen LogP contribution < -0.4 is 5.32 Å². The van der Waals surface area contributed by atoms with Crippen LogP contribution in [-0.2, 0) is 20.9 Å². The Labute approximate surface area is 169 Å². The summed E-state index contributed by atoms with van der Waals surface area (Å²) in [4.78, 5) is 24.4. The van der Waals surface area contributed by atoms with E-state index in [-0.39, 0.29) is 27.3 Å². The van der Waals surface area contributed by atoms with Gasteiger partial charge in [-0.3, -0.25) is 9.59 Å². The molecule has 0 radical (unpaired) electrons. The van der Waals surface area contributed by atoms with Crippen LogP contribution in [0.2, 0.25) is 15.1 Å². The fourth-order valence-electron chi connectivity index (χ4n) is 2.30. The largest absolute Gasteiger partial charge is 0.451 e. The lowest BCUT2D eigenvalue weighted by atomic mass is 10.3. The molecule has 0 bridgehead atoms. The van der Waals surface area contributed by atoms with Gasteiger partial charge in [0.1, 0.15) is 12.1 Å². The second-order valence-electron chi connectivity index (χ2n) is 5.60. The van der Waals surface area contributed by atoms with Crippen LogP contribution in [0.4, 0.5) is 5.69 Å². The van der Waals surface area contributed by atoms with Gasteiger partial charge in [-0.15, -0.1) is 5.10 Å². The first kappa shape index (κ1) is 19.4. The predicted octanol–water partition coefficient (Wildman–Crippen LogP) is 3.96. The van der Waals surface area contributed by atoms with Crippen LogP contribution in [-0.4, -0.2) is 33.0 Å². The van der Waals surface area contributed by atoms with E-state index in [0.29, 0.717) is 11.0 Å². The first-order valence-electron chi connectivity index (χ1n) is 7.78. The quantitative estimate of drug-likeness (QED) is 0.492. The van der Waals surface area contributed by atoms with Gasteiger partial charge in [0, 0.05) is 0 Å². The Bertz CT molecular complexity index is 1020. The number of fused-ring (bicyclic) bond motifs is 1. The topological polar surface area (TPSA) is 86.1 Å². The van der Waals surface area contributed by atoms with E-state index in [1.54, 1.807) is 12.1 Å². The van der Waals surface area contributed by atoms with Gasteiger partial charge in [-0.1, -0.05) is 52.1 Å². The Balaban J connectivity index is 1.62. The highest BCUT2D eigenvalue weighted by atomic mass is 35.5. The van der Waals surface area contributed by atoms with Crippen molar-refractivity contribution in [1.82, 2.24) is 15.0 Å². The third-order valence-electron chi connectivity index (χ3n) is 3.64. The molecule has 10 heteroatoms. The minimum Gasteiger partial charge on any atom is -0.451 e. The molecule has 1 unspecified atom stereocenters. The van der Waals surface area contributed by atoms with E-state index in [9.17, 15) is 9.59 Å². The van der Waals surface area contributed by atoms with Crippen molar-refractivity contribution in [2.45, 2.75) is 19.6 Å². The summed E-state index contributed by atoms with van der Waals surface area (Å²) in [7, 11) is 0. The summed E-state index contributed by atoms with van der Waals surface area (Å²) in [5.74, 6) is -1.19. The van der Waals surface area contributed by atoms with Crippen LogP contribution in [0.1, 0.15) is 6.92 Å². The average Bonchev–Trinajstić information content (AvgIpc) is 3.02. The number of halogens is 3. The molecule has 0 aliphatic rings. The standard InChI is InChI=1S/C17H13Cl3N4O3/c1-9(17(26)21-14-7-11(19)10(18)6-12(14)20)27-16(25)8-24-15-5-3-2-4-13(15)22-23-24/h2-7,9H,8H2,1H3,(H,21,26). The SMILES string of the molecule is CC(OC(=O)Cn1nnc2ccccc21)C(=O)Nc1cc(Cl)c(Cl)cc1Cl. The van der Waals surface area contributed by atoms with Crippen molar-refractivity contribution >= 4 is 63.4 Å². The van der Waals surface area contributed by atoms with E-state index in [2.05, 4.69) is 15.6 Å². The number of rotatable bonds is 5. The molecule has 1 N–H and O–H groups in total. The lowest BCUT2D eigenvalue weighted by Gasteiger charge is -2.14. The summed E-state index contributed by atoms with van der Waals surface area (Å²) in [6.45, 7) is 1.27. The van der Waals surface area contributed by atoms with Gasteiger partial charge < -0.3 is 10.1 Å². The second kappa shape index (κ2) is 8.12. The third kappa shape index (κ3) is 4.50. The van der Waals surface area contributed by atoms with Crippen LogP contribution in [0, 0.1) is 0 Å². The number of carbonyl (C=O) groups is 2. The van der Waals surface area contributed by atoms with Crippen molar-refractivity contribution in [1.29, 1.82) is 0 Å². The van der Waals surface area contributed by atoms with E-state index < -0.39 is 18.0 Å². The summed E-state index contributed by atoms with van der Waals surface area (Å²) in [5, 5.41) is 11.1. The molecule has 27 heavy (non-hydrogen) atoms. The number of hydrogen-bond acceptors (Lipinski definition) is 5. The highest BCUT2D eigenvalue weighted by Crippen LogP contribution is 2.32. The lowest BCUT2D eigenvalue weighted by Crippen LogP contribution is -2.31. The Hall–Kier alpha value is -2.35. The summed E-state index contributed by atoms with van der Waals surface area (Å²) in [6.07, 6.45) is -1.06. The molecule has 0 saturated carbocycles. The zero-order chi connectivity index (χ0) is 19.6. The number of para-hydroxylation sites is 1. The molecule has 140 valence electrons. The molecule has 7 nitrogen and oxygen atoms in total. The molecular weight excluding hydrogens is 415 g/mol. The van der Waals surface area contributed by atoms with Crippen molar-refractivity contribution in [2.24, 2.45) is 0 Å². The highest BCUT2D eigenvalue weighted by Gasteiger charge is 2.20. The van der Waals surface area contributed by atoms with Crippen LogP contribution in [0.25, 0.3) is 11.0 Å². The normalized spacial score (nSPS) is 12.0. The van der Waals surface area contributed by atoms with E-state index in [1.165, 1.54) is 23.7 Å². The van der Waals surface area contributed by atoms with Crippen molar-refractivity contribution in [3.8, 4) is 0 Å². The summed E-state index contributed by atoms with van der Waals surface area (Å²) >= 11 is 17.8. The van der Waals surface area contributed by atoms with E-state index in [0.717, 1.165) is 0 Å². The molecule has 0 spiro atoms. The highest BCUT2D eigenvalue weighted by molar-refractivity contribution is 6.44. The van der Waals surface area contributed by atoms with Crippen LogP contribution in [0.3, 0.4) is 0 Å². The van der Waals surface area contributed by atoms with E-state index in [4.69, 9.17) is 39.5 Å². The maximum Gasteiger partial charge on any atom is 0.328 e. The van der Waals surface area contributed by atoms with E-state index in [1.807, 2.05) is 12.1 Å². The van der Waals surface area contributed by atoms with Gasteiger partial charge >= 0.3 is 5.97 Å². The number of benzene rings is 2. The number of anilines is 1. The summed E-state index contributed by atoms with van der Waals surface area (Å²) in [6, 6.07) is 10.0. The van der Waals surface area contributed by atoms with Gasteiger partial charge in [-0.25, -0.2) is 4.68 Å². The maximum absolute atomic E-state index is 12.3. The lowest BCUT2D eigenvalue weighted by molar-refractivity contribution is -0.153. The minimum absolute atomic E-state index is 0.175. The number of nitrogens with zero attached hydrogens (tertiary/aromatic N) is 3. The van der Waals surface area contributed by atoms with Crippen LogP contribution in [0.5, 0.6) is 0 Å². The van der Waals surface area contributed by atoms with Gasteiger partial charge in [-0.05, 0) is 31.2 Å². The average molecular weight is 428 g/mol. The molecule has 0 aliphatic carbocycles. The zero-order valence-electron chi connectivity index (χ0n) is 13.9. The van der Waals surface area contributed by atoms with Crippen molar-refractivity contribution in [3.05, 3.63) is 51.5 Å². The minimum atomic E-state index is -1.06. The number of carbonyl (C=O) groups excluding carboxylic acids is 2. The molecule has 0 fully saturated rings. The molecule has 1 heterocycles. The number of ether oxygens (including phenoxy) is 1. The van der Waals surface area contributed by atoms with Gasteiger partial charge in [0.15, 0.2) is 6.10 Å². The molecule has 2 aromatic carbocycles. The Morgan fingerprint density at radius 3 is 2.63 bits per heavy atom. The fraction of sp³-hybridized carbons (Fsp3) is 0.176. The summed E-state index contributed by atoms with van der Waals surface area (Å²) < 4.78 is 6.56. The Morgan fingerprint density at radius 1 is 1.15 bits per heavy atom. The molecule has 1 aromatic heterocycles. The number of hydrogen-bond donors (Lipinski definition) is 1. The molecule has 1 atom stereocenters. The zero-order valence-corrected chi connectivity index (χ0v) is 16.2. The van der Waals surface area contributed by atoms with Gasteiger partial charge in [0.05, 0.1) is 26.3 Å².